The Bertz CT molecular complexity index is 1300. The number of benzene rings is 4. The van der Waals surface area contributed by atoms with Crippen molar-refractivity contribution in [3.8, 4) is 11.5 Å². The van der Waals surface area contributed by atoms with E-state index in [2.05, 4.69) is 107 Å². The molecule has 156 valence electrons. The van der Waals surface area contributed by atoms with Gasteiger partial charge < -0.3 is 9.64 Å². The molecule has 0 unspecified atom stereocenters. The molecule has 0 amide bonds. The number of ether oxygens (including phenoxy) is 1. The Labute approximate surface area is 185 Å². The largest absolute Gasteiger partial charge is 0.453 e. The summed E-state index contributed by atoms with van der Waals surface area (Å²) in [7, 11) is 0. The van der Waals surface area contributed by atoms with Gasteiger partial charge in [-0.25, -0.2) is 0 Å². The van der Waals surface area contributed by atoms with Crippen LogP contribution < -0.4 is 9.64 Å². The minimum Gasteiger partial charge on any atom is -0.453 e. The molecule has 0 aromatic heterocycles. The van der Waals surface area contributed by atoms with Gasteiger partial charge in [0.2, 0.25) is 0 Å². The summed E-state index contributed by atoms with van der Waals surface area (Å²) in [6, 6.07) is 23.9. The number of fused-ring (bicyclic) bond motifs is 3. The van der Waals surface area contributed by atoms with Crippen LogP contribution in [0.2, 0.25) is 0 Å². The van der Waals surface area contributed by atoms with E-state index in [9.17, 15) is 0 Å². The minimum absolute atomic E-state index is 0.113. The van der Waals surface area contributed by atoms with E-state index in [-0.39, 0.29) is 5.41 Å². The maximum atomic E-state index is 6.39. The summed E-state index contributed by atoms with van der Waals surface area (Å²) in [6.45, 7) is 13.4. The maximum absolute atomic E-state index is 6.39. The molecule has 0 bridgehead atoms. The summed E-state index contributed by atoms with van der Waals surface area (Å²) < 4.78 is 6.39. The van der Waals surface area contributed by atoms with Crippen LogP contribution in [0.3, 0.4) is 0 Å². The summed E-state index contributed by atoms with van der Waals surface area (Å²) in [5.41, 5.74) is 8.71. The molecule has 31 heavy (non-hydrogen) atoms. The van der Waals surface area contributed by atoms with Crippen molar-refractivity contribution >= 4 is 27.8 Å². The molecular formula is C29H29NO. The number of hydrogen-bond acceptors (Lipinski definition) is 2. The van der Waals surface area contributed by atoms with E-state index in [1.54, 1.807) is 0 Å². The van der Waals surface area contributed by atoms with Crippen LogP contribution in [0.4, 0.5) is 17.1 Å². The molecule has 0 fully saturated rings. The highest BCUT2D eigenvalue weighted by molar-refractivity contribution is 5.97. The van der Waals surface area contributed by atoms with Gasteiger partial charge in [-0.15, -0.1) is 0 Å². The van der Waals surface area contributed by atoms with Gasteiger partial charge in [-0.3, -0.25) is 0 Å². The fourth-order valence-electron chi connectivity index (χ4n) is 4.66. The zero-order valence-corrected chi connectivity index (χ0v) is 19.2. The van der Waals surface area contributed by atoms with Crippen LogP contribution in [0.15, 0.2) is 66.7 Å². The summed E-state index contributed by atoms with van der Waals surface area (Å²) >= 11 is 0. The molecule has 0 saturated heterocycles. The number of aryl methyl sites for hydroxylation is 3. The normalized spacial score (nSPS) is 13.0. The van der Waals surface area contributed by atoms with Gasteiger partial charge in [0.15, 0.2) is 11.5 Å². The van der Waals surface area contributed by atoms with Crippen LogP contribution in [0.1, 0.15) is 43.0 Å². The van der Waals surface area contributed by atoms with Crippen LogP contribution in [0, 0.1) is 20.8 Å². The van der Waals surface area contributed by atoms with Crippen LogP contribution in [-0.4, -0.2) is 0 Å². The Hall–Kier alpha value is -3.26. The van der Waals surface area contributed by atoms with E-state index in [0.29, 0.717) is 0 Å². The van der Waals surface area contributed by atoms with Crippen molar-refractivity contribution in [2.75, 3.05) is 4.90 Å². The number of hydrogen-bond donors (Lipinski definition) is 0. The second kappa shape index (κ2) is 6.88. The lowest BCUT2D eigenvalue weighted by molar-refractivity contribution is 0.477. The molecule has 0 N–H and O–H groups in total. The molecule has 0 radical (unpaired) electrons. The standard InChI is InChI=1S/C29H29NO/c1-18-10-9-11-21-16-27-25(17-23(18)21)30(24-12-7-8-13-26(24)31-27)28-19(2)14-22(15-20(28)3)29(4,5)6/h7-17H,1-6H3. The lowest BCUT2D eigenvalue weighted by Gasteiger charge is -2.36. The molecule has 0 aliphatic carbocycles. The average Bonchev–Trinajstić information content (AvgIpc) is 2.71. The minimum atomic E-state index is 0.113. The molecule has 1 aliphatic rings. The first kappa shape index (κ1) is 19.7. The van der Waals surface area contributed by atoms with Crippen molar-refractivity contribution in [3.63, 3.8) is 0 Å². The smallest absolute Gasteiger partial charge is 0.152 e. The Kier molecular flexibility index (Phi) is 4.37. The van der Waals surface area contributed by atoms with Crippen LogP contribution in [0.25, 0.3) is 10.8 Å². The van der Waals surface area contributed by atoms with E-state index < -0.39 is 0 Å². The fraction of sp³-hybridized carbons (Fsp3) is 0.241. The Balaban J connectivity index is 1.81. The van der Waals surface area contributed by atoms with Crippen molar-refractivity contribution in [2.45, 2.75) is 47.0 Å². The molecular weight excluding hydrogens is 378 g/mol. The van der Waals surface area contributed by atoms with Gasteiger partial charge in [-0.1, -0.05) is 63.2 Å². The molecule has 4 aromatic carbocycles. The number of rotatable bonds is 1. The lowest BCUT2D eigenvalue weighted by atomic mass is 9.84. The van der Waals surface area contributed by atoms with E-state index in [1.807, 2.05) is 6.07 Å². The zero-order valence-electron chi connectivity index (χ0n) is 19.2. The second-order valence-corrected chi connectivity index (χ2v) is 9.73. The van der Waals surface area contributed by atoms with E-state index in [1.165, 1.54) is 38.7 Å². The molecule has 2 nitrogen and oxygen atoms in total. The highest BCUT2D eigenvalue weighted by atomic mass is 16.5. The first-order chi connectivity index (χ1) is 14.7. The van der Waals surface area contributed by atoms with Gasteiger partial charge in [0.25, 0.3) is 0 Å². The number of nitrogens with zero attached hydrogens (tertiary/aromatic N) is 1. The summed E-state index contributed by atoms with van der Waals surface area (Å²) in [6.07, 6.45) is 0. The average molecular weight is 408 g/mol. The van der Waals surface area contributed by atoms with Crippen LogP contribution >= 0.6 is 0 Å². The number of para-hydroxylation sites is 2. The van der Waals surface area contributed by atoms with E-state index in [4.69, 9.17) is 4.74 Å². The molecule has 1 aliphatic heterocycles. The lowest BCUT2D eigenvalue weighted by Crippen LogP contribution is -2.19. The first-order valence-electron chi connectivity index (χ1n) is 11.0. The Morgan fingerprint density at radius 2 is 1.39 bits per heavy atom. The van der Waals surface area contributed by atoms with Crippen LogP contribution in [0.5, 0.6) is 11.5 Å². The highest BCUT2D eigenvalue weighted by Crippen LogP contribution is 2.53. The summed E-state index contributed by atoms with van der Waals surface area (Å²) in [5, 5.41) is 2.46. The summed E-state index contributed by atoms with van der Waals surface area (Å²) in [5.74, 6) is 1.79. The second-order valence-electron chi connectivity index (χ2n) is 9.73. The highest BCUT2D eigenvalue weighted by Gasteiger charge is 2.29. The first-order valence-corrected chi connectivity index (χ1v) is 11.0. The predicted molar refractivity (Wildman–Crippen MR) is 132 cm³/mol. The monoisotopic (exact) mass is 407 g/mol. The third-order valence-corrected chi connectivity index (χ3v) is 6.33. The Morgan fingerprint density at radius 3 is 2.10 bits per heavy atom. The molecule has 0 saturated carbocycles. The fourth-order valence-corrected chi connectivity index (χ4v) is 4.66. The van der Waals surface area contributed by atoms with Gasteiger partial charge in [-0.2, -0.15) is 0 Å². The third kappa shape index (κ3) is 3.18. The van der Waals surface area contributed by atoms with Gasteiger partial charge in [0.1, 0.15) is 0 Å². The predicted octanol–water partition coefficient (Wildman–Crippen LogP) is 8.64. The SMILES string of the molecule is Cc1cc(C(C)(C)C)cc(C)c1N1c2ccccc2Oc2cc3cccc(C)c3cc21. The maximum Gasteiger partial charge on any atom is 0.152 e. The molecule has 0 spiro atoms. The van der Waals surface area contributed by atoms with Crippen molar-refractivity contribution in [2.24, 2.45) is 0 Å². The molecule has 0 atom stereocenters. The molecule has 4 aromatic rings. The molecule has 5 rings (SSSR count). The number of anilines is 3. The van der Waals surface area contributed by atoms with Crippen molar-refractivity contribution in [1.82, 2.24) is 0 Å². The van der Waals surface area contributed by atoms with E-state index in [0.717, 1.165) is 22.9 Å². The van der Waals surface area contributed by atoms with Crippen molar-refractivity contribution in [1.29, 1.82) is 0 Å². The van der Waals surface area contributed by atoms with Crippen molar-refractivity contribution < 1.29 is 4.74 Å². The van der Waals surface area contributed by atoms with Crippen LogP contribution in [-0.2, 0) is 5.41 Å². The van der Waals surface area contributed by atoms with E-state index >= 15 is 0 Å². The van der Waals surface area contributed by atoms with Crippen molar-refractivity contribution in [3.05, 3.63) is 89.0 Å². The Morgan fingerprint density at radius 1 is 0.677 bits per heavy atom. The zero-order chi connectivity index (χ0) is 21.9. The topological polar surface area (TPSA) is 12.5 Å². The third-order valence-electron chi connectivity index (χ3n) is 6.33. The molecule has 2 heteroatoms. The van der Waals surface area contributed by atoms with Gasteiger partial charge in [-0.05, 0) is 83.5 Å². The van der Waals surface area contributed by atoms with Gasteiger partial charge in [0, 0.05) is 0 Å². The molecule has 1 heterocycles. The van der Waals surface area contributed by atoms with Gasteiger partial charge in [0.05, 0.1) is 17.1 Å². The quantitative estimate of drug-likeness (QED) is 0.276. The summed E-state index contributed by atoms with van der Waals surface area (Å²) in [4.78, 5) is 2.39. The van der Waals surface area contributed by atoms with Gasteiger partial charge >= 0.3 is 0 Å².